The van der Waals surface area contributed by atoms with Crippen molar-refractivity contribution in [3.63, 3.8) is 0 Å². The Morgan fingerprint density at radius 3 is 1.16 bits per heavy atom. The molecule has 0 aliphatic carbocycles. The largest absolute Gasteiger partial charge is 0.744 e. The van der Waals surface area contributed by atoms with Gasteiger partial charge in [0.05, 0.1) is 22.9 Å². The van der Waals surface area contributed by atoms with Crippen molar-refractivity contribution in [3.05, 3.63) is 191 Å². The molecule has 0 aliphatic rings. The van der Waals surface area contributed by atoms with Gasteiger partial charge in [-0.15, -0.1) is 0 Å². The van der Waals surface area contributed by atoms with E-state index in [0.717, 1.165) is 83.3 Å². The van der Waals surface area contributed by atoms with Gasteiger partial charge in [0.15, 0.2) is 11.0 Å². The maximum absolute atomic E-state index is 10.8. The maximum Gasteiger partial charge on any atom is 0.308 e. The van der Waals surface area contributed by atoms with Crippen molar-refractivity contribution in [1.82, 2.24) is 19.2 Å². The molecule has 0 bridgehead atoms. The van der Waals surface area contributed by atoms with E-state index in [9.17, 15) is 25.9 Å². The Bertz CT molecular complexity index is 4890. The second-order valence-corrected chi connectivity index (χ2v) is 23.9. The molecule has 406 valence electrons. The smallest absolute Gasteiger partial charge is 0.308 e. The lowest BCUT2D eigenvalue weighted by molar-refractivity contribution is -0.646. The lowest BCUT2D eigenvalue weighted by Gasteiger charge is -2.14. The summed E-state index contributed by atoms with van der Waals surface area (Å²) in [7, 11) is -8.66. The molecule has 0 fully saturated rings. The SMILES string of the molecule is C(C#CCCC[n+]1c2ccccc2n2nc3c(cc21)c1cccc2cccc3c21)#CCCC[n+]1c2ccccc2n2nc3c(cc21)c1cccc2cccc3c21.Cc1cc(C)c(S(=O)(=O)[O-])c(C)c1.Cc1cc(C)c(S(=O)(=O)[O-])c(C)c1. The van der Waals surface area contributed by atoms with E-state index in [1.807, 2.05) is 13.8 Å². The van der Waals surface area contributed by atoms with Crippen LogP contribution in [0.1, 0.15) is 59.1 Å². The minimum atomic E-state index is -4.33. The second kappa shape index (κ2) is 21.1. The fourth-order valence-corrected chi connectivity index (χ4v) is 14.3. The highest BCUT2D eigenvalue weighted by atomic mass is 32.2. The molecule has 14 heteroatoms. The zero-order chi connectivity index (χ0) is 57.2. The van der Waals surface area contributed by atoms with Gasteiger partial charge >= 0.3 is 11.3 Å². The number of hydrogen-bond acceptors (Lipinski definition) is 8. The first-order valence-corrected chi connectivity index (χ1v) is 30.0. The summed E-state index contributed by atoms with van der Waals surface area (Å²) in [5, 5.41) is 23.0. The molecule has 0 saturated carbocycles. The molecule has 0 spiro atoms. The predicted octanol–water partition coefficient (Wildman–Crippen LogP) is 13.0. The van der Waals surface area contributed by atoms with Gasteiger partial charge in [0, 0.05) is 46.5 Å². The van der Waals surface area contributed by atoms with Crippen molar-refractivity contribution in [1.29, 1.82) is 0 Å². The summed E-state index contributed by atoms with van der Waals surface area (Å²) in [6.45, 7) is 12.0. The number of nitrogens with zero attached hydrogens (tertiary/aromatic N) is 6. The van der Waals surface area contributed by atoms with E-state index in [1.54, 1.807) is 52.0 Å². The molecule has 0 N–H and O–H groups in total. The maximum atomic E-state index is 10.8. The molecule has 0 aliphatic heterocycles. The first-order valence-electron chi connectivity index (χ1n) is 27.2. The Morgan fingerprint density at radius 2 is 0.793 bits per heavy atom. The van der Waals surface area contributed by atoms with Gasteiger partial charge in [-0.3, -0.25) is 0 Å². The van der Waals surface area contributed by atoms with E-state index in [0.29, 0.717) is 22.3 Å². The van der Waals surface area contributed by atoms with Crippen molar-refractivity contribution in [2.75, 3.05) is 0 Å². The third-order valence-electron chi connectivity index (χ3n) is 15.5. The van der Waals surface area contributed by atoms with Gasteiger partial charge in [-0.1, -0.05) is 164 Å². The van der Waals surface area contributed by atoms with Crippen LogP contribution in [0.4, 0.5) is 0 Å². The summed E-state index contributed by atoms with van der Waals surface area (Å²) in [6.07, 6.45) is 3.42. The molecule has 0 atom stereocenters. The van der Waals surface area contributed by atoms with Crippen LogP contribution >= 0.6 is 0 Å². The van der Waals surface area contributed by atoms with Crippen LogP contribution in [0.5, 0.6) is 0 Å². The third-order valence-corrected chi connectivity index (χ3v) is 17.7. The highest BCUT2D eigenvalue weighted by molar-refractivity contribution is 7.86. The van der Waals surface area contributed by atoms with Crippen molar-refractivity contribution in [2.24, 2.45) is 0 Å². The zero-order valence-electron chi connectivity index (χ0n) is 46.2. The standard InChI is InChI=1S/C50H34N6.2C9H12O3S/c1(3-5-11-29-53-41-25-7-9-27-43(41)55-45(53)31-39-35-21-13-17-33-19-15-23-37(47(33)35)49(39)51-55)2-4-6-12-30-54-42-26-8-10-28-44(42)56-46(54)32-40-36-22-14-18-34-20-16-24-38(48(34)36)50(40)52-56;2*1-6-4-7(2)9(8(3)5-6)13(10,11)12/h7-10,13-28,31-32H,5-6,11-12,29-30H2;2*4-5H,1-3H3,(H,10,11,12)/q+2;;/p-2. The van der Waals surface area contributed by atoms with Gasteiger partial charge in [0.25, 0.3) is 0 Å². The zero-order valence-corrected chi connectivity index (χ0v) is 47.8. The Hall–Kier alpha value is -9.02. The van der Waals surface area contributed by atoms with Crippen molar-refractivity contribution in [2.45, 2.75) is 90.1 Å². The molecule has 4 aromatic heterocycles. The molecule has 4 heterocycles. The molecule has 0 amide bonds. The molecular weight excluding hydrogens is 1060 g/mol. The fourth-order valence-electron chi connectivity index (χ4n) is 12.4. The summed E-state index contributed by atoms with van der Waals surface area (Å²) in [4.78, 5) is -0.170. The second-order valence-electron chi connectivity index (χ2n) is 21.2. The number of benzene rings is 8. The van der Waals surface area contributed by atoms with E-state index in [2.05, 4.69) is 175 Å². The van der Waals surface area contributed by atoms with E-state index in [1.165, 1.54) is 64.9 Å². The van der Waals surface area contributed by atoms with E-state index < -0.39 is 20.2 Å². The van der Waals surface area contributed by atoms with Gasteiger partial charge in [0.2, 0.25) is 11.0 Å². The number of unbranched alkanes of at least 4 members (excludes halogenated alkanes) is 2. The summed E-state index contributed by atoms with van der Waals surface area (Å²) in [5.74, 6) is 12.9. The minimum absolute atomic E-state index is 0.0851. The summed E-state index contributed by atoms with van der Waals surface area (Å²) in [5.41, 5.74) is 12.9. The monoisotopic (exact) mass is 1120 g/mol. The topological polar surface area (TPSA) is 157 Å². The number of fused-ring (bicyclic) bond motifs is 12. The molecule has 10 aromatic carbocycles. The van der Waals surface area contributed by atoms with Gasteiger partial charge in [-0.2, -0.15) is 0 Å². The van der Waals surface area contributed by atoms with Crippen LogP contribution in [0.15, 0.2) is 168 Å². The lowest BCUT2D eigenvalue weighted by Crippen LogP contribution is -2.33. The van der Waals surface area contributed by atoms with E-state index >= 15 is 0 Å². The summed E-state index contributed by atoms with van der Waals surface area (Å²) < 4.78 is 74.0. The highest BCUT2D eigenvalue weighted by Crippen LogP contribution is 2.39. The van der Waals surface area contributed by atoms with Crippen LogP contribution < -0.4 is 9.13 Å². The molecule has 82 heavy (non-hydrogen) atoms. The Labute approximate surface area is 475 Å². The molecule has 14 aromatic rings. The Balaban J connectivity index is 0.000000211. The number of hydrogen-bond donors (Lipinski definition) is 0. The summed E-state index contributed by atoms with van der Waals surface area (Å²) in [6, 6.07) is 54.7. The molecule has 0 unspecified atom stereocenters. The van der Waals surface area contributed by atoms with E-state index in [4.69, 9.17) is 10.2 Å². The summed E-state index contributed by atoms with van der Waals surface area (Å²) >= 11 is 0. The van der Waals surface area contributed by atoms with E-state index in [-0.39, 0.29) is 9.79 Å². The fraction of sp³-hybridized carbons (Fsp3) is 0.176. The van der Waals surface area contributed by atoms with Crippen molar-refractivity contribution in [3.8, 4) is 23.7 Å². The van der Waals surface area contributed by atoms with Crippen LogP contribution in [0, 0.1) is 65.2 Å². The predicted molar refractivity (Wildman–Crippen MR) is 324 cm³/mol. The van der Waals surface area contributed by atoms with Crippen molar-refractivity contribution < 1.29 is 35.1 Å². The van der Waals surface area contributed by atoms with Crippen LogP contribution in [-0.4, -0.2) is 45.2 Å². The van der Waals surface area contributed by atoms with Crippen LogP contribution in [0.3, 0.4) is 0 Å². The van der Waals surface area contributed by atoms with Gasteiger partial charge in [-0.05, 0) is 145 Å². The average Bonchev–Trinajstić information content (AvgIpc) is 2.42. The number of aromatic nitrogens is 6. The lowest BCUT2D eigenvalue weighted by atomic mass is 10.1. The number of rotatable bonds is 8. The van der Waals surface area contributed by atoms with Gasteiger partial charge < -0.3 is 9.11 Å². The van der Waals surface area contributed by atoms with Crippen LogP contribution in [0.2, 0.25) is 0 Å². The number of imidazole rings is 2. The molecular formula is C68H56N6O6S2. The molecule has 12 nitrogen and oxygen atoms in total. The number of aryl methyl sites for hydroxylation is 8. The highest BCUT2D eigenvalue weighted by Gasteiger charge is 2.26. The first-order chi connectivity index (χ1) is 39.5. The van der Waals surface area contributed by atoms with Gasteiger partial charge in [0.1, 0.15) is 31.3 Å². The van der Waals surface area contributed by atoms with Crippen LogP contribution in [-0.2, 0) is 33.3 Å². The van der Waals surface area contributed by atoms with Gasteiger partial charge in [-0.25, -0.2) is 26.0 Å². The van der Waals surface area contributed by atoms with Crippen molar-refractivity contribution >= 4 is 118 Å². The third kappa shape index (κ3) is 9.63. The Morgan fingerprint density at radius 1 is 0.439 bits per heavy atom. The average molecular weight is 1120 g/mol. The quantitative estimate of drug-likeness (QED) is 0.0630. The number of para-hydroxylation sites is 4. The molecule has 14 rings (SSSR count). The molecule has 0 saturated heterocycles. The minimum Gasteiger partial charge on any atom is -0.744 e. The first kappa shape index (κ1) is 53.6. The molecule has 0 radical (unpaired) electrons. The Kier molecular flexibility index (Phi) is 13.8. The normalized spacial score (nSPS) is 12.0. The van der Waals surface area contributed by atoms with Crippen LogP contribution in [0.25, 0.3) is 98.3 Å².